The molecule has 0 fully saturated rings. The highest BCUT2D eigenvalue weighted by molar-refractivity contribution is 5.93. The number of amides is 1. The van der Waals surface area contributed by atoms with E-state index in [0.29, 0.717) is 24.5 Å². The van der Waals surface area contributed by atoms with Gasteiger partial charge in [0.2, 0.25) is 5.91 Å². The molecule has 5 heteroatoms. The number of nitrogens with one attached hydrogen (secondary N) is 1. The Kier molecular flexibility index (Phi) is 5.63. The van der Waals surface area contributed by atoms with Crippen LogP contribution in [-0.4, -0.2) is 26.7 Å². The molecule has 0 heterocycles. The molecule has 0 aromatic heterocycles. The predicted molar refractivity (Wildman–Crippen MR) is 75.7 cm³/mol. The number of hydrogen-bond donors (Lipinski definition) is 2. The van der Waals surface area contributed by atoms with E-state index in [2.05, 4.69) is 5.32 Å². The Morgan fingerprint density at radius 1 is 1.32 bits per heavy atom. The zero-order chi connectivity index (χ0) is 14.4. The van der Waals surface area contributed by atoms with Gasteiger partial charge in [0.25, 0.3) is 0 Å². The van der Waals surface area contributed by atoms with E-state index in [1.54, 1.807) is 20.3 Å². The fourth-order valence-corrected chi connectivity index (χ4v) is 1.75. The van der Waals surface area contributed by atoms with Gasteiger partial charge in [-0.1, -0.05) is 6.92 Å². The Bertz CT molecular complexity index is 447. The first-order valence-electron chi connectivity index (χ1n) is 6.27. The maximum absolute atomic E-state index is 12.0. The second kappa shape index (κ2) is 6.99. The number of nitrogens with two attached hydrogens (primary N) is 1. The van der Waals surface area contributed by atoms with Gasteiger partial charge >= 0.3 is 0 Å². The third-order valence-corrected chi connectivity index (χ3v) is 3.04. The van der Waals surface area contributed by atoms with Gasteiger partial charge in [-0.3, -0.25) is 4.79 Å². The van der Waals surface area contributed by atoms with Gasteiger partial charge in [-0.05, 0) is 31.5 Å². The number of carbonyl (C=O) groups is 1. The Hall–Kier alpha value is -1.75. The van der Waals surface area contributed by atoms with E-state index >= 15 is 0 Å². The summed E-state index contributed by atoms with van der Waals surface area (Å²) in [6, 6.07) is 3.60. The van der Waals surface area contributed by atoms with Crippen LogP contribution in [-0.2, 0) is 4.79 Å². The molecule has 106 valence electrons. The molecule has 1 rings (SSSR count). The van der Waals surface area contributed by atoms with Crippen LogP contribution in [0.1, 0.15) is 18.9 Å². The fourth-order valence-electron chi connectivity index (χ4n) is 1.75. The van der Waals surface area contributed by atoms with E-state index < -0.39 is 0 Å². The normalized spacial score (nSPS) is 11.8. The summed E-state index contributed by atoms with van der Waals surface area (Å²) in [6.07, 6.45) is 0.665. The van der Waals surface area contributed by atoms with Gasteiger partial charge in [0.15, 0.2) is 11.5 Å². The fraction of sp³-hybridized carbons (Fsp3) is 0.500. The molecule has 0 bridgehead atoms. The van der Waals surface area contributed by atoms with Crippen molar-refractivity contribution in [2.45, 2.75) is 20.3 Å². The highest BCUT2D eigenvalue weighted by Crippen LogP contribution is 2.33. The van der Waals surface area contributed by atoms with Crippen molar-refractivity contribution in [2.24, 2.45) is 11.7 Å². The van der Waals surface area contributed by atoms with Crippen molar-refractivity contribution in [3.63, 3.8) is 0 Å². The summed E-state index contributed by atoms with van der Waals surface area (Å²) >= 11 is 0. The van der Waals surface area contributed by atoms with Gasteiger partial charge in [0.05, 0.1) is 14.2 Å². The molecule has 1 unspecified atom stereocenters. The number of rotatable bonds is 6. The monoisotopic (exact) mass is 266 g/mol. The molecule has 0 radical (unpaired) electrons. The summed E-state index contributed by atoms with van der Waals surface area (Å²) in [5, 5.41) is 2.89. The summed E-state index contributed by atoms with van der Waals surface area (Å²) in [5.74, 6) is 1.08. The Morgan fingerprint density at radius 2 is 1.89 bits per heavy atom. The van der Waals surface area contributed by atoms with Gasteiger partial charge in [-0.2, -0.15) is 0 Å². The third kappa shape index (κ3) is 3.86. The molecule has 0 saturated carbocycles. The molecular formula is C14H22N2O3. The molecule has 1 amide bonds. The summed E-state index contributed by atoms with van der Waals surface area (Å²) < 4.78 is 10.4. The molecular weight excluding hydrogens is 244 g/mol. The molecule has 1 aromatic rings. The maximum Gasteiger partial charge on any atom is 0.227 e. The van der Waals surface area contributed by atoms with Crippen LogP contribution in [0.3, 0.4) is 0 Å². The SMILES string of the molecule is COc1cc(C)c(NC(=O)C(C)CCN)cc1OC. The molecule has 0 saturated heterocycles. The summed E-state index contributed by atoms with van der Waals surface area (Å²) in [6.45, 7) is 4.27. The summed E-state index contributed by atoms with van der Waals surface area (Å²) in [4.78, 5) is 12.0. The first-order valence-corrected chi connectivity index (χ1v) is 6.27. The number of benzene rings is 1. The maximum atomic E-state index is 12.0. The minimum atomic E-state index is -0.113. The highest BCUT2D eigenvalue weighted by atomic mass is 16.5. The Balaban J connectivity index is 2.92. The second-order valence-electron chi connectivity index (χ2n) is 4.49. The average molecular weight is 266 g/mol. The highest BCUT2D eigenvalue weighted by Gasteiger charge is 2.15. The molecule has 0 aliphatic heterocycles. The number of carbonyl (C=O) groups excluding carboxylic acids is 1. The predicted octanol–water partition coefficient (Wildman–Crippen LogP) is 1.94. The smallest absolute Gasteiger partial charge is 0.227 e. The van der Waals surface area contributed by atoms with Crippen LogP contribution in [0, 0.1) is 12.8 Å². The number of methoxy groups -OCH3 is 2. The van der Waals surface area contributed by atoms with Gasteiger partial charge in [0, 0.05) is 17.7 Å². The first-order chi connectivity index (χ1) is 9.03. The van der Waals surface area contributed by atoms with E-state index in [4.69, 9.17) is 15.2 Å². The molecule has 5 nitrogen and oxygen atoms in total. The van der Waals surface area contributed by atoms with E-state index in [1.165, 1.54) is 0 Å². The molecule has 1 atom stereocenters. The van der Waals surface area contributed by atoms with Crippen molar-refractivity contribution in [3.05, 3.63) is 17.7 Å². The number of anilines is 1. The van der Waals surface area contributed by atoms with Crippen LogP contribution in [0.15, 0.2) is 12.1 Å². The van der Waals surface area contributed by atoms with Crippen molar-refractivity contribution in [1.29, 1.82) is 0 Å². The van der Waals surface area contributed by atoms with Gasteiger partial charge < -0.3 is 20.5 Å². The lowest BCUT2D eigenvalue weighted by Crippen LogP contribution is -2.23. The standard InChI is InChI=1S/C14H22N2O3/c1-9(5-6-15)14(17)16-11-8-13(19-4)12(18-3)7-10(11)2/h7-9H,5-6,15H2,1-4H3,(H,16,17). The van der Waals surface area contributed by atoms with Crippen LogP contribution < -0.4 is 20.5 Å². The van der Waals surface area contributed by atoms with Gasteiger partial charge in [-0.25, -0.2) is 0 Å². The van der Waals surface area contributed by atoms with E-state index in [1.807, 2.05) is 19.9 Å². The quantitative estimate of drug-likeness (QED) is 0.825. The van der Waals surface area contributed by atoms with E-state index in [-0.39, 0.29) is 11.8 Å². The topological polar surface area (TPSA) is 73.6 Å². The Morgan fingerprint density at radius 3 is 2.42 bits per heavy atom. The zero-order valence-electron chi connectivity index (χ0n) is 11.9. The lowest BCUT2D eigenvalue weighted by atomic mass is 10.1. The molecule has 0 aliphatic carbocycles. The summed E-state index contributed by atoms with van der Waals surface area (Å²) in [7, 11) is 3.15. The van der Waals surface area contributed by atoms with Gasteiger partial charge in [0.1, 0.15) is 0 Å². The van der Waals surface area contributed by atoms with E-state index in [0.717, 1.165) is 11.3 Å². The third-order valence-electron chi connectivity index (χ3n) is 3.04. The first kappa shape index (κ1) is 15.3. The van der Waals surface area contributed by atoms with Crippen molar-refractivity contribution in [1.82, 2.24) is 0 Å². The lowest BCUT2D eigenvalue weighted by Gasteiger charge is -2.15. The number of aryl methyl sites for hydroxylation is 1. The zero-order valence-corrected chi connectivity index (χ0v) is 11.9. The molecule has 0 spiro atoms. The van der Waals surface area contributed by atoms with Crippen LogP contribution >= 0.6 is 0 Å². The van der Waals surface area contributed by atoms with Crippen LogP contribution in [0.5, 0.6) is 11.5 Å². The molecule has 1 aromatic carbocycles. The number of ether oxygens (including phenoxy) is 2. The number of hydrogen-bond acceptors (Lipinski definition) is 4. The minimum Gasteiger partial charge on any atom is -0.493 e. The van der Waals surface area contributed by atoms with Crippen molar-refractivity contribution in [3.8, 4) is 11.5 Å². The largest absolute Gasteiger partial charge is 0.493 e. The lowest BCUT2D eigenvalue weighted by molar-refractivity contribution is -0.119. The average Bonchev–Trinajstić information content (AvgIpc) is 2.40. The second-order valence-corrected chi connectivity index (χ2v) is 4.49. The Labute approximate surface area is 114 Å². The van der Waals surface area contributed by atoms with E-state index in [9.17, 15) is 4.79 Å². The molecule has 0 aliphatic rings. The van der Waals surface area contributed by atoms with Crippen LogP contribution in [0.25, 0.3) is 0 Å². The van der Waals surface area contributed by atoms with Crippen molar-refractivity contribution < 1.29 is 14.3 Å². The summed E-state index contributed by atoms with van der Waals surface area (Å²) in [5.41, 5.74) is 7.11. The van der Waals surface area contributed by atoms with Crippen molar-refractivity contribution >= 4 is 11.6 Å². The van der Waals surface area contributed by atoms with Crippen LogP contribution in [0.4, 0.5) is 5.69 Å². The van der Waals surface area contributed by atoms with Crippen molar-refractivity contribution in [2.75, 3.05) is 26.1 Å². The van der Waals surface area contributed by atoms with Gasteiger partial charge in [-0.15, -0.1) is 0 Å². The van der Waals surface area contributed by atoms with Crippen LogP contribution in [0.2, 0.25) is 0 Å². The molecule has 19 heavy (non-hydrogen) atoms. The molecule has 3 N–H and O–H groups in total. The minimum absolute atomic E-state index is 0.0410.